The molecule has 2 aliphatic rings. The first-order chi connectivity index (χ1) is 14.8. The highest BCUT2D eigenvalue weighted by Crippen LogP contribution is 2.39. The number of hydrogen-bond acceptors (Lipinski definition) is 10. The molecule has 1 spiro atoms. The van der Waals surface area contributed by atoms with Crippen LogP contribution in [0.5, 0.6) is 5.75 Å². The van der Waals surface area contributed by atoms with Gasteiger partial charge in [0.2, 0.25) is 17.9 Å². The molecule has 5 N–H and O–H groups in total. The molecule has 0 bridgehead atoms. The molecule has 0 saturated heterocycles. The van der Waals surface area contributed by atoms with Crippen molar-refractivity contribution in [2.75, 3.05) is 16.7 Å². The Morgan fingerprint density at radius 2 is 1.71 bits per heavy atom. The first-order valence-electron chi connectivity index (χ1n) is 9.82. The van der Waals surface area contributed by atoms with E-state index in [4.69, 9.17) is 16.2 Å². The number of benzene rings is 1. The Balaban J connectivity index is 1.60. The highest BCUT2D eigenvalue weighted by Gasteiger charge is 2.42. The van der Waals surface area contributed by atoms with Gasteiger partial charge in [-0.15, -0.1) is 0 Å². The van der Waals surface area contributed by atoms with Crippen LogP contribution in [0.2, 0.25) is 0 Å². The number of aliphatic imine (C=N–C) groups is 2. The van der Waals surface area contributed by atoms with Gasteiger partial charge in [-0.05, 0) is 49.9 Å². The third-order valence-corrected chi connectivity index (χ3v) is 6.69. The Kier molecular flexibility index (Phi) is 5.39. The summed E-state index contributed by atoms with van der Waals surface area (Å²) < 4.78 is 32.8. The smallest absolute Gasteiger partial charge is 0.264 e. The maximum Gasteiger partial charge on any atom is 0.264 e. The van der Waals surface area contributed by atoms with E-state index >= 15 is 0 Å². The van der Waals surface area contributed by atoms with Gasteiger partial charge in [-0.1, -0.05) is 6.42 Å². The zero-order valence-corrected chi connectivity index (χ0v) is 17.8. The van der Waals surface area contributed by atoms with Crippen molar-refractivity contribution in [3.05, 3.63) is 36.7 Å². The molecule has 11 nitrogen and oxygen atoms in total. The summed E-state index contributed by atoms with van der Waals surface area (Å²) in [6.07, 6.45) is 7.46. The van der Waals surface area contributed by atoms with E-state index in [9.17, 15) is 8.42 Å². The molecule has 1 aromatic carbocycles. The molecule has 2 aromatic rings. The van der Waals surface area contributed by atoms with Crippen LogP contribution in [0, 0.1) is 0 Å². The van der Waals surface area contributed by atoms with Crippen molar-refractivity contribution < 1.29 is 13.2 Å². The molecule has 1 aliphatic heterocycles. The van der Waals surface area contributed by atoms with Crippen LogP contribution in [0.15, 0.2) is 51.5 Å². The van der Waals surface area contributed by atoms with Crippen LogP contribution in [0.4, 0.5) is 11.6 Å². The molecule has 2 heterocycles. The second-order valence-electron chi connectivity index (χ2n) is 7.36. The summed E-state index contributed by atoms with van der Waals surface area (Å²) >= 11 is 0. The van der Waals surface area contributed by atoms with E-state index < -0.39 is 15.7 Å². The Labute approximate surface area is 180 Å². The van der Waals surface area contributed by atoms with Gasteiger partial charge < -0.3 is 16.2 Å². The van der Waals surface area contributed by atoms with Gasteiger partial charge in [0.05, 0.1) is 24.4 Å². The van der Waals surface area contributed by atoms with Gasteiger partial charge in [-0.2, -0.15) is 4.99 Å². The van der Waals surface area contributed by atoms with Crippen molar-refractivity contribution in [1.29, 1.82) is 0 Å². The first kappa shape index (κ1) is 20.8. The summed E-state index contributed by atoms with van der Waals surface area (Å²) in [7, 11) is -2.41. The number of guanidine groups is 2. The molecule has 12 heteroatoms. The zero-order valence-electron chi connectivity index (χ0n) is 17.0. The van der Waals surface area contributed by atoms with Crippen LogP contribution in [0.25, 0.3) is 0 Å². The average Bonchev–Trinajstić information content (AvgIpc) is 2.74. The number of nitrogens with one attached hydrogen (secondary N) is 1. The molecule has 4 rings (SSSR count). The topological polar surface area (TPSA) is 161 Å². The van der Waals surface area contributed by atoms with Crippen LogP contribution >= 0.6 is 0 Å². The average molecular weight is 445 g/mol. The number of nitrogens with zero attached hydrogens (tertiary/aromatic N) is 5. The molecule has 1 aliphatic carbocycles. The van der Waals surface area contributed by atoms with Gasteiger partial charge >= 0.3 is 0 Å². The van der Waals surface area contributed by atoms with E-state index in [0.29, 0.717) is 11.4 Å². The van der Waals surface area contributed by atoms with Crippen LogP contribution < -0.4 is 25.8 Å². The molecule has 1 fully saturated rings. The Morgan fingerprint density at radius 1 is 1.06 bits per heavy atom. The number of ether oxygens (including phenoxy) is 1. The normalized spacial score (nSPS) is 18.3. The van der Waals surface area contributed by atoms with Gasteiger partial charge in [0.1, 0.15) is 5.66 Å². The minimum Gasteiger partial charge on any atom is -0.494 e. The highest BCUT2D eigenvalue weighted by atomic mass is 32.2. The molecular weight excluding hydrogens is 420 g/mol. The number of rotatable bonds is 5. The van der Waals surface area contributed by atoms with Crippen LogP contribution in [0.3, 0.4) is 0 Å². The highest BCUT2D eigenvalue weighted by molar-refractivity contribution is 7.92. The number of methoxy groups -OCH3 is 1. The lowest BCUT2D eigenvalue weighted by molar-refractivity contribution is 0.305. The summed E-state index contributed by atoms with van der Waals surface area (Å²) in [5.74, 6) is 0.782. The molecule has 1 saturated carbocycles. The van der Waals surface area contributed by atoms with Crippen molar-refractivity contribution in [2.45, 2.75) is 42.7 Å². The Bertz CT molecular complexity index is 1110. The Hall–Kier alpha value is -3.41. The lowest BCUT2D eigenvalue weighted by atomic mass is 9.87. The lowest BCUT2D eigenvalue weighted by Crippen LogP contribution is -2.58. The van der Waals surface area contributed by atoms with Gasteiger partial charge in [0, 0.05) is 5.69 Å². The number of sulfonamides is 1. The van der Waals surface area contributed by atoms with Crippen molar-refractivity contribution in [3.8, 4) is 5.75 Å². The summed E-state index contributed by atoms with van der Waals surface area (Å²) in [5, 5.41) is 0. The minimum absolute atomic E-state index is 0.0525. The summed E-state index contributed by atoms with van der Waals surface area (Å²) in [5.41, 5.74) is 12.2. The summed E-state index contributed by atoms with van der Waals surface area (Å²) in [6.45, 7) is 0. The van der Waals surface area contributed by atoms with Gasteiger partial charge in [0.15, 0.2) is 5.75 Å². The Morgan fingerprint density at radius 3 is 2.32 bits per heavy atom. The summed E-state index contributed by atoms with van der Waals surface area (Å²) in [6, 6.07) is 6.35. The molecular formula is C19H24N8O3S. The van der Waals surface area contributed by atoms with E-state index in [0.717, 1.165) is 32.1 Å². The fourth-order valence-electron chi connectivity index (χ4n) is 3.92. The van der Waals surface area contributed by atoms with Crippen molar-refractivity contribution >= 4 is 33.6 Å². The van der Waals surface area contributed by atoms with E-state index in [2.05, 4.69) is 24.7 Å². The SMILES string of the molecule is COc1cnc(NS(=O)(=O)c2ccc(N3C(N)=NC(N)=NC34CCCCC4)cc2)nc1. The fourth-order valence-corrected chi connectivity index (χ4v) is 4.88. The van der Waals surface area contributed by atoms with E-state index in [1.54, 1.807) is 12.1 Å². The molecule has 1 aromatic heterocycles. The largest absolute Gasteiger partial charge is 0.494 e. The zero-order chi connectivity index (χ0) is 22.1. The molecule has 164 valence electrons. The quantitative estimate of drug-likeness (QED) is 0.623. The van der Waals surface area contributed by atoms with Crippen molar-refractivity contribution in [3.63, 3.8) is 0 Å². The number of hydrogen-bond donors (Lipinski definition) is 3. The van der Waals surface area contributed by atoms with Gasteiger partial charge in [0.25, 0.3) is 10.0 Å². The maximum absolute atomic E-state index is 12.7. The van der Waals surface area contributed by atoms with Crippen molar-refractivity contribution in [1.82, 2.24) is 9.97 Å². The van der Waals surface area contributed by atoms with E-state index in [1.807, 2.05) is 4.90 Å². The van der Waals surface area contributed by atoms with E-state index in [-0.39, 0.29) is 22.8 Å². The minimum atomic E-state index is -3.88. The maximum atomic E-state index is 12.7. The second kappa shape index (κ2) is 8.02. The number of aromatic nitrogens is 2. The number of anilines is 2. The molecule has 0 atom stereocenters. The third-order valence-electron chi connectivity index (χ3n) is 5.35. The van der Waals surface area contributed by atoms with E-state index in [1.165, 1.54) is 31.6 Å². The van der Waals surface area contributed by atoms with Crippen LogP contribution in [-0.4, -0.2) is 43.1 Å². The predicted octanol–water partition coefficient (Wildman–Crippen LogP) is 1.40. The monoisotopic (exact) mass is 444 g/mol. The first-order valence-corrected chi connectivity index (χ1v) is 11.3. The molecule has 0 unspecified atom stereocenters. The van der Waals surface area contributed by atoms with Crippen molar-refractivity contribution in [2.24, 2.45) is 21.5 Å². The number of nitrogens with two attached hydrogens (primary N) is 2. The third kappa shape index (κ3) is 4.10. The predicted molar refractivity (Wildman–Crippen MR) is 117 cm³/mol. The lowest BCUT2D eigenvalue weighted by Gasteiger charge is -2.45. The second-order valence-corrected chi connectivity index (χ2v) is 9.05. The van der Waals surface area contributed by atoms with Gasteiger partial charge in [-0.3, -0.25) is 4.90 Å². The fraction of sp³-hybridized carbons (Fsp3) is 0.368. The molecule has 0 radical (unpaired) electrons. The summed E-state index contributed by atoms with van der Waals surface area (Å²) in [4.78, 5) is 18.5. The van der Waals surface area contributed by atoms with Gasteiger partial charge in [-0.25, -0.2) is 28.1 Å². The van der Waals surface area contributed by atoms with Crippen LogP contribution in [0.1, 0.15) is 32.1 Å². The standard InChI is InChI=1S/C19H24N8O3S/c1-30-14-11-22-18(23-12-14)26-31(28,29)15-7-5-13(6-8-15)27-17(21)24-16(20)25-19(27)9-3-2-4-10-19/h5-8,11-12H,2-4,9-10H2,1H3,(H,22,23,26)(H4,20,21,24,25). The molecule has 0 amide bonds. The molecule has 31 heavy (non-hydrogen) atoms. The van der Waals surface area contributed by atoms with Crippen LogP contribution in [-0.2, 0) is 10.0 Å².